The molecule has 1 aromatic rings. The van der Waals surface area contributed by atoms with Gasteiger partial charge in [0.2, 0.25) is 0 Å². The van der Waals surface area contributed by atoms with Crippen LogP contribution in [0.25, 0.3) is 0 Å². The van der Waals surface area contributed by atoms with Crippen molar-refractivity contribution in [3.8, 4) is 0 Å². The van der Waals surface area contributed by atoms with Gasteiger partial charge in [0.1, 0.15) is 16.4 Å². The van der Waals surface area contributed by atoms with Crippen LogP contribution in [0.1, 0.15) is 25.5 Å². The zero-order valence-corrected chi connectivity index (χ0v) is 11.0. The Morgan fingerprint density at radius 3 is 2.56 bits per heavy atom. The minimum atomic E-state index is -3.48. The largest absolute Gasteiger partial charge is 0.365 e. The number of halogens is 1. The van der Waals surface area contributed by atoms with Crippen molar-refractivity contribution in [3.63, 3.8) is 0 Å². The van der Waals surface area contributed by atoms with Crippen molar-refractivity contribution in [3.05, 3.63) is 35.6 Å². The highest BCUT2D eigenvalue weighted by atomic mass is 32.2. The highest BCUT2D eigenvalue weighted by Gasteiger charge is 2.45. The maximum absolute atomic E-state index is 13.6. The molecule has 1 unspecified atom stereocenters. The number of rotatable bonds is 1. The summed E-state index contributed by atoms with van der Waals surface area (Å²) in [6.07, 6.45) is 0. The first-order chi connectivity index (χ1) is 8.25. The van der Waals surface area contributed by atoms with Gasteiger partial charge in [-0.1, -0.05) is 18.2 Å². The summed E-state index contributed by atoms with van der Waals surface area (Å²) in [6.45, 7) is 2.96. The average Bonchev–Trinajstić information content (AvgIpc) is 2.26. The molecule has 2 rings (SSSR count). The van der Waals surface area contributed by atoms with Crippen LogP contribution >= 0.6 is 0 Å². The SMILES string of the molecule is CC1(C)C(=N)NC(c2ccccc2F)CS1(=O)=O. The van der Waals surface area contributed by atoms with E-state index in [9.17, 15) is 12.8 Å². The lowest BCUT2D eigenvalue weighted by Crippen LogP contribution is -2.56. The van der Waals surface area contributed by atoms with Gasteiger partial charge in [0.15, 0.2) is 9.84 Å². The molecule has 6 heteroatoms. The van der Waals surface area contributed by atoms with Crippen LogP contribution in [0.5, 0.6) is 0 Å². The van der Waals surface area contributed by atoms with Crippen molar-refractivity contribution < 1.29 is 12.8 Å². The van der Waals surface area contributed by atoms with Gasteiger partial charge < -0.3 is 5.32 Å². The summed E-state index contributed by atoms with van der Waals surface area (Å²) in [6, 6.07) is 5.32. The fourth-order valence-electron chi connectivity index (χ4n) is 1.90. The molecule has 1 aliphatic rings. The number of hydrogen-bond donors (Lipinski definition) is 2. The van der Waals surface area contributed by atoms with E-state index in [1.165, 1.54) is 26.0 Å². The van der Waals surface area contributed by atoms with Crippen molar-refractivity contribution in [2.75, 3.05) is 5.75 Å². The van der Waals surface area contributed by atoms with Crippen LogP contribution in [0, 0.1) is 11.2 Å². The van der Waals surface area contributed by atoms with E-state index in [4.69, 9.17) is 5.41 Å². The number of nitrogens with one attached hydrogen (secondary N) is 2. The van der Waals surface area contributed by atoms with Crippen LogP contribution in [-0.2, 0) is 9.84 Å². The maximum atomic E-state index is 13.6. The first-order valence-electron chi connectivity index (χ1n) is 5.58. The van der Waals surface area contributed by atoms with E-state index >= 15 is 0 Å². The van der Waals surface area contributed by atoms with Crippen LogP contribution in [0.4, 0.5) is 4.39 Å². The molecule has 0 saturated carbocycles. The molecule has 0 bridgehead atoms. The smallest absolute Gasteiger partial charge is 0.165 e. The molecule has 2 N–H and O–H groups in total. The molecule has 0 aliphatic carbocycles. The molecule has 0 aromatic heterocycles. The van der Waals surface area contributed by atoms with Crippen molar-refractivity contribution in [1.82, 2.24) is 5.32 Å². The Bertz CT molecular complexity index is 596. The molecule has 0 radical (unpaired) electrons. The molecular formula is C12H15FN2O2S. The lowest BCUT2D eigenvalue weighted by Gasteiger charge is -2.36. The first-order valence-corrected chi connectivity index (χ1v) is 7.23. The summed E-state index contributed by atoms with van der Waals surface area (Å²) in [4.78, 5) is 0. The van der Waals surface area contributed by atoms with Crippen molar-refractivity contribution in [2.45, 2.75) is 24.6 Å². The zero-order valence-electron chi connectivity index (χ0n) is 10.2. The fraction of sp³-hybridized carbons (Fsp3) is 0.417. The Balaban J connectivity index is 2.42. The van der Waals surface area contributed by atoms with Crippen molar-refractivity contribution in [1.29, 1.82) is 5.41 Å². The van der Waals surface area contributed by atoms with Gasteiger partial charge in [-0.05, 0) is 19.9 Å². The van der Waals surface area contributed by atoms with Gasteiger partial charge in [0, 0.05) is 5.56 Å². The fourth-order valence-corrected chi connectivity index (χ4v) is 3.39. The molecule has 0 spiro atoms. The maximum Gasteiger partial charge on any atom is 0.165 e. The molecule has 1 fully saturated rings. The van der Waals surface area contributed by atoms with Gasteiger partial charge in [-0.25, -0.2) is 12.8 Å². The van der Waals surface area contributed by atoms with E-state index in [0.29, 0.717) is 0 Å². The molecular weight excluding hydrogens is 255 g/mol. The zero-order chi connectivity index (χ0) is 13.6. The summed E-state index contributed by atoms with van der Waals surface area (Å²) >= 11 is 0. The van der Waals surface area contributed by atoms with E-state index in [1.54, 1.807) is 12.1 Å². The summed E-state index contributed by atoms with van der Waals surface area (Å²) in [5, 5.41) is 10.6. The Morgan fingerprint density at radius 1 is 1.39 bits per heavy atom. The highest BCUT2D eigenvalue weighted by molar-refractivity contribution is 7.93. The predicted octanol–water partition coefficient (Wildman–Crippen LogP) is 1.64. The predicted molar refractivity (Wildman–Crippen MR) is 67.9 cm³/mol. The molecule has 1 atom stereocenters. The number of amidine groups is 1. The van der Waals surface area contributed by atoms with Crippen LogP contribution in [0.15, 0.2) is 24.3 Å². The Labute approximate surface area is 106 Å². The summed E-state index contributed by atoms with van der Waals surface area (Å²) in [5.74, 6) is -0.761. The molecule has 1 saturated heterocycles. The van der Waals surface area contributed by atoms with Gasteiger partial charge in [-0.15, -0.1) is 0 Å². The first kappa shape index (κ1) is 13.0. The van der Waals surface area contributed by atoms with Gasteiger partial charge in [0.25, 0.3) is 0 Å². The van der Waals surface area contributed by atoms with Crippen LogP contribution in [0.3, 0.4) is 0 Å². The lowest BCUT2D eigenvalue weighted by atomic mass is 10.1. The third-order valence-electron chi connectivity index (χ3n) is 3.36. The van der Waals surface area contributed by atoms with E-state index in [1.807, 2.05) is 0 Å². The molecule has 1 aliphatic heterocycles. The quantitative estimate of drug-likeness (QED) is 0.815. The molecule has 1 heterocycles. The second-order valence-corrected chi connectivity index (χ2v) is 7.47. The molecule has 1 aromatic carbocycles. The molecule has 4 nitrogen and oxygen atoms in total. The van der Waals surface area contributed by atoms with Crippen molar-refractivity contribution in [2.24, 2.45) is 0 Å². The van der Waals surface area contributed by atoms with E-state index in [2.05, 4.69) is 5.32 Å². The minimum absolute atomic E-state index is 0.0954. The molecule has 0 amide bonds. The summed E-state index contributed by atoms with van der Waals surface area (Å²) < 4.78 is 36.6. The van der Waals surface area contributed by atoms with Gasteiger partial charge >= 0.3 is 0 Å². The standard InChI is InChI=1S/C12H15FN2O2S/c1-12(2)11(14)15-10(7-18(12,16)17)8-5-3-4-6-9(8)13/h3-6,10H,7H2,1-2H3,(H2,14,15). The highest BCUT2D eigenvalue weighted by Crippen LogP contribution is 2.30. The molecule has 98 valence electrons. The number of hydrogen-bond acceptors (Lipinski definition) is 3. The molecule has 18 heavy (non-hydrogen) atoms. The van der Waals surface area contributed by atoms with E-state index in [0.717, 1.165) is 0 Å². The van der Waals surface area contributed by atoms with Crippen molar-refractivity contribution >= 4 is 15.7 Å². The Morgan fingerprint density at radius 2 is 2.00 bits per heavy atom. The minimum Gasteiger partial charge on any atom is -0.365 e. The normalized spacial score (nSPS) is 25.5. The summed E-state index contributed by atoms with van der Waals surface area (Å²) in [5.41, 5.74) is 0.279. The lowest BCUT2D eigenvalue weighted by molar-refractivity contribution is 0.527. The average molecular weight is 270 g/mol. The second-order valence-electron chi connectivity index (χ2n) is 4.89. The second kappa shape index (κ2) is 4.05. The van der Waals surface area contributed by atoms with E-state index in [-0.39, 0.29) is 17.2 Å². The third kappa shape index (κ3) is 1.90. The van der Waals surface area contributed by atoms with Crippen LogP contribution in [-0.4, -0.2) is 24.8 Å². The van der Waals surface area contributed by atoms with E-state index < -0.39 is 26.4 Å². The summed E-state index contributed by atoms with van der Waals surface area (Å²) in [7, 11) is -3.48. The van der Waals surface area contributed by atoms with Crippen LogP contribution in [0.2, 0.25) is 0 Å². The van der Waals surface area contributed by atoms with Gasteiger partial charge in [-0.3, -0.25) is 5.41 Å². The van der Waals surface area contributed by atoms with Gasteiger partial charge in [0.05, 0.1) is 11.8 Å². The topological polar surface area (TPSA) is 70.0 Å². The third-order valence-corrected chi connectivity index (χ3v) is 5.90. The number of sulfone groups is 1. The van der Waals surface area contributed by atoms with Crippen LogP contribution < -0.4 is 5.32 Å². The Hall–Kier alpha value is -1.43. The Kier molecular flexibility index (Phi) is 2.93. The number of benzene rings is 1. The van der Waals surface area contributed by atoms with Gasteiger partial charge in [-0.2, -0.15) is 0 Å². The monoisotopic (exact) mass is 270 g/mol.